The lowest BCUT2D eigenvalue weighted by molar-refractivity contribution is 0.101. The number of aromatic nitrogens is 3. The van der Waals surface area contributed by atoms with E-state index in [4.69, 9.17) is 4.42 Å². The topological polar surface area (TPSA) is 70.6 Å². The number of aliphatic hydroxyl groups is 1. The summed E-state index contributed by atoms with van der Waals surface area (Å²) in [7, 11) is 2.12. The molecule has 0 aliphatic carbocycles. The summed E-state index contributed by atoms with van der Waals surface area (Å²) in [6, 6.07) is 2.34. The summed E-state index contributed by atoms with van der Waals surface area (Å²) < 4.78 is 7.59. The van der Waals surface area contributed by atoms with Gasteiger partial charge < -0.3 is 9.52 Å². The molecule has 3 rings (SSSR count). The van der Waals surface area contributed by atoms with Crippen molar-refractivity contribution < 1.29 is 9.52 Å². The summed E-state index contributed by atoms with van der Waals surface area (Å²) in [6.07, 6.45) is 6.15. The van der Waals surface area contributed by atoms with Crippen molar-refractivity contribution in [2.75, 3.05) is 26.7 Å². The summed E-state index contributed by atoms with van der Waals surface area (Å²) in [6.45, 7) is 8.13. The van der Waals surface area contributed by atoms with Gasteiger partial charge in [-0.1, -0.05) is 13.8 Å². The third-order valence-electron chi connectivity index (χ3n) is 4.82. The number of oxazole rings is 1. The molecule has 2 aromatic heterocycles. The molecule has 0 amide bonds. The Morgan fingerprint density at radius 2 is 2.24 bits per heavy atom. The van der Waals surface area contributed by atoms with E-state index in [2.05, 4.69) is 40.8 Å². The van der Waals surface area contributed by atoms with Gasteiger partial charge in [0.1, 0.15) is 5.76 Å². The zero-order chi connectivity index (χ0) is 17.8. The largest absolute Gasteiger partial charge is 0.444 e. The van der Waals surface area contributed by atoms with Crippen molar-refractivity contribution >= 4 is 0 Å². The van der Waals surface area contributed by atoms with Gasteiger partial charge in [-0.25, -0.2) is 4.98 Å². The third kappa shape index (κ3) is 4.90. The van der Waals surface area contributed by atoms with Crippen molar-refractivity contribution in [2.24, 2.45) is 0 Å². The van der Waals surface area contributed by atoms with E-state index < -0.39 is 6.10 Å². The van der Waals surface area contributed by atoms with Crippen LogP contribution in [0.3, 0.4) is 0 Å². The highest BCUT2D eigenvalue weighted by Gasteiger charge is 2.27. The van der Waals surface area contributed by atoms with Crippen LogP contribution < -0.4 is 0 Å². The molecule has 2 atom stereocenters. The molecule has 1 saturated heterocycles. The molecule has 3 heterocycles. The molecule has 2 unspecified atom stereocenters. The van der Waals surface area contributed by atoms with Crippen LogP contribution in [0.25, 0.3) is 0 Å². The average Bonchev–Trinajstić information content (AvgIpc) is 3.28. The SMILES string of the molecule is CC(C)c1cnc(CN(C)C2CCN(CC(O)Cn3cccn3)C2)o1. The lowest BCUT2D eigenvalue weighted by Gasteiger charge is -2.24. The van der Waals surface area contributed by atoms with Gasteiger partial charge in [-0.15, -0.1) is 0 Å². The summed E-state index contributed by atoms with van der Waals surface area (Å²) >= 11 is 0. The van der Waals surface area contributed by atoms with E-state index in [-0.39, 0.29) is 0 Å². The summed E-state index contributed by atoms with van der Waals surface area (Å²) in [5.74, 6) is 2.09. The fourth-order valence-corrected chi connectivity index (χ4v) is 3.32. The molecule has 138 valence electrons. The second-order valence-corrected chi connectivity index (χ2v) is 7.31. The van der Waals surface area contributed by atoms with Crippen LogP contribution in [0.5, 0.6) is 0 Å². The Kier molecular flexibility index (Phi) is 5.88. The summed E-state index contributed by atoms with van der Waals surface area (Å²) in [5.41, 5.74) is 0. The van der Waals surface area contributed by atoms with Crippen LogP contribution in [0.4, 0.5) is 0 Å². The smallest absolute Gasteiger partial charge is 0.208 e. The Bertz CT molecular complexity index is 640. The Morgan fingerprint density at radius 1 is 1.40 bits per heavy atom. The van der Waals surface area contributed by atoms with Gasteiger partial charge in [0.05, 0.1) is 25.4 Å². The first kappa shape index (κ1) is 18.1. The van der Waals surface area contributed by atoms with Crippen LogP contribution in [0.15, 0.2) is 29.1 Å². The number of likely N-dealkylation sites (tertiary alicyclic amines) is 1. The molecule has 1 N–H and O–H groups in total. The molecule has 7 nitrogen and oxygen atoms in total. The molecular formula is C18H29N5O2. The van der Waals surface area contributed by atoms with E-state index in [1.165, 1.54) is 0 Å². The number of β-amino-alcohol motifs (C(OH)–C–C–N with tert-alkyl or cyclic N) is 1. The molecule has 0 aromatic carbocycles. The Hall–Kier alpha value is -1.70. The number of likely N-dealkylation sites (N-methyl/N-ethyl adjacent to an activating group) is 1. The lowest BCUT2D eigenvalue weighted by Crippen LogP contribution is -2.37. The molecular weight excluding hydrogens is 318 g/mol. The highest BCUT2D eigenvalue weighted by atomic mass is 16.4. The van der Waals surface area contributed by atoms with Gasteiger partial charge in [-0.05, 0) is 26.1 Å². The maximum Gasteiger partial charge on any atom is 0.208 e. The first-order valence-electron chi connectivity index (χ1n) is 9.04. The predicted octanol–water partition coefficient (Wildman–Crippen LogP) is 1.56. The maximum absolute atomic E-state index is 10.3. The van der Waals surface area contributed by atoms with E-state index in [1.807, 2.05) is 18.5 Å². The van der Waals surface area contributed by atoms with Crippen molar-refractivity contribution in [2.45, 2.75) is 51.4 Å². The number of aliphatic hydroxyl groups excluding tert-OH is 1. The first-order valence-corrected chi connectivity index (χ1v) is 9.04. The van der Waals surface area contributed by atoms with Gasteiger partial charge in [0, 0.05) is 37.4 Å². The van der Waals surface area contributed by atoms with Crippen LogP contribution in [-0.4, -0.2) is 68.5 Å². The second-order valence-electron chi connectivity index (χ2n) is 7.31. The normalized spacial score (nSPS) is 20.0. The summed E-state index contributed by atoms with van der Waals surface area (Å²) in [5, 5.41) is 14.4. The quantitative estimate of drug-likeness (QED) is 0.781. The van der Waals surface area contributed by atoms with Crippen LogP contribution in [0.2, 0.25) is 0 Å². The number of hydrogen-bond donors (Lipinski definition) is 1. The minimum Gasteiger partial charge on any atom is -0.444 e. The van der Waals surface area contributed by atoms with E-state index >= 15 is 0 Å². The van der Waals surface area contributed by atoms with Crippen molar-refractivity contribution in [3.8, 4) is 0 Å². The Labute approximate surface area is 149 Å². The fourth-order valence-electron chi connectivity index (χ4n) is 3.32. The molecule has 2 aromatic rings. The van der Waals surface area contributed by atoms with E-state index in [0.29, 0.717) is 25.0 Å². The van der Waals surface area contributed by atoms with Gasteiger partial charge in [-0.2, -0.15) is 5.10 Å². The molecule has 1 aliphatic heterocycles. The molecule has 7 heteroatoms. The Morgan fingerprint density at radius 3 is 2.92 bits per heavy atom. The average molecular weight is 347 g/mol. The minimum atomic E-state index is -0.399. The van der Waals surface area contributed by atoms with Gasteiger partial charge in [0.25, 0.3) is 0 Å². The molecule has 0 bridgehead atoms. The molecule has 0 spiro atoms. The van der Waals surface area contributed by atoms with Gasteiger partial charge in [0.15, 0.2) is 0 Å². The second kappa shape index (κ2) is 8.12. The maximum atomic E-state index is 10.3. The van der Waals surface area contributed by atoms with Crippen molar-refractivity contribution in [3.63, 3.8) is 0 Å². The number of nitrogens with zero attached hydrogens (tertiary/aromatic N) is 5. The predicted molar refractivity (Wildman–Crippen MR) is 95.1 cm³/mol. The van der Waals surface area contributed by atoms with Crippen LogP contribution in [-0.2, 0) is 13.1 Å². The lowest BCUT2D eigenvalue weighted by atomic mass is 10.2. The van der Waals surface area contributed by atoms with Crippen molar-refractivity contribution in [1.82, 2.24) is 24.6 Å². The van der Waals surface area contributed by atoms with Crippen LogP contribution >= 0.6 is 0 Å². The Balaban J connectivity index is 1.44. The van der Waals surface area contributed by atoms with E-state index in [9.17, 15) is 5.11 Å². The highest BCUT2D eigenvalue weighted by molar-refractivity contribution is 4.99. The monoisotopic (exact) mass is 347 g/mol. The standard InChI is InChI=1S/C18H29N5O2/c1-14(2)17-9-19-18(25-17)13-21(3)15-5-8-22(10-15)11-16(24)12-23-7-4-6-20-23/h4,6-7,9,14-16,24H,5,8,10-13H2,1-3H3. The zero-order valence-corrected chi connectivity index (χ0v) is 15.4. The fraction of sp³-hybridized carbons (Fsp3) is 0.667. The van der Waals surface area contributed by atoms with Gasteiger partial charge in [-0.3, -0.25) is 14.5 Å². The summed E-state index contributed by atoms with van der Waals surface area (Å²) in [4.78, 5) is 9.01. The number of rotatable bonds is 8. The van der Waals surface area contributed by atoms with Crippen molar-refractivity contribution in [3.05, 3.63) is 36.3 Å². The van der Waals surface area contributed by atoms with Gasteiger partial charge in [0.2, 0.25) is 5.89 Å². The minimum absolute atomic E-state index is 0.366. The molecule has 1 aliphatic rings. The van der Waals surface area contributed by atoms with Gasteiger partial charge >= 0.3 is 0 Å². The molecule has 25 heavy (non-hydrogen) atoms. The van der Waals surface area contributed by atoms with E-state index in [1.54, 1.807) is 10.9 Å². The third-order valence-corrected chi connectivity index (χ3v) is 4.82. The molecule has 1 fully saturated rings. The molecule has 0 radical (unpaired) electrons. The highest BCUT2D eigenvalue weighted by Crippen LogP contribution is 2.19. The van der Waals surface area contributed by atoms with E-state index in [0.717, 1.165) is 37.7 Å². The van der Waals surface area contributed by atoms with Crippen LogP contribution in [0.1, 0.15) is 37.8 Å². The van der Waals surface area contributed by atoms with Crippen LogP contribution in [0, 0.1) is 0 Å². The number of hydrogen-bond acceptors (Lipinski definition) is 6. The zero-order valence-electron chi connectivity index (χ0n) is 15.4. The molecule has 0 saturated carbocycles. The first-order chi connectivity index (χ1) is 12.0. The van der Waals surface area contributed by atoms with Crippen molar-refractivity contribution in [1.29, 1.82) is 0 Å².